The Hall–Kier alpha value is -3.04. The Morgan fingerprint density at radius 2 is 0.949 bits per heavy atom. The molecule has 0 spiro atoms. The second-order valence-corrected chi connectivity index (χ2v) is 16.8. The first kappa shape index (κ1) is 27.5. The van der Waals surface area contributed by atoms with E-state index in [9.17, 15) is 0 Å². The molecule has 0 saturated heterocycles. The Kier molecular flexibility index (Phi) is 9.09. The van der Waals surface area contributed by atoms with Gasteiger partial charge in [-0.25, -0.2) is 0 Å². The van der Waals surface area contributed by atoms with Crippen molar-refractivity contribution in [2.24, 2.45) is 5.41 Å². The third-order valence-electron chi connectivity index (χ3n) is 8.20. The molecule has 0 heterocycles. The van der Waals surface area contributed by atoms with Gasteiger partial charge in [-0.05, 0) is 0 Å². The minimum absolute atomic E-state index is 0.150. The third-order valence-corrected chi connectivity index (χ3v) is 14.7. The number of benzene rings is 5. The van der Waals surface area contributed by atoms with Crippen molar-refractivity contribution in [1.29, 1.82) is 0 Å². The van der Waals surface area contributed by atoms with E-state index in [0.29, 0.717) is 5.92 Å². The molecule has 0 aliphatic carbocycles. The number of hydrogen-bond acceptors (Lipinski definition) is 0. The summed E-state index contributed by atoms with van der Waals surface area (Å²) in [5, 5.41) is 4.52. The van der Waals surface area contributed by atoms with Crippen molar-refractivity contribution in [1.82, 2.24) is 0 Å². The van der Waals surface area contributed by atoms with Crippen molar-refractivity contribution in [2.75, 3.05) is 19.0 Å². The normalized spacial score (nSPS) is 13.9. The molecule has 2 heteroatoms. The summed E-state index contributed by atoms with van der Waals surface area (Å²) in [4.78, 5) is 0. The van der Waals surface area contributed by atoms with Crippen LogP contribution in [-0.4, -0.2) is 19.0 Å². The van der Waals surface area contributed by atoms with Gasteiger partial charge in [-0.1, -0.05) is 0 Å². The zero-order valence-corrected chi connectivity index (χ0v) is 25.1. The van der Waals surface area contributed by atoms with Crippen LogP contribution in [0.5, 0.6) is 0 Å². The van der Waals surface area contributed by atoms with Crippen molar-refractivity contribution in [3.8, 4) is 0 Å². The average Bonchev–Trinajstić information content (AvgIpc) is 3.01. The van der Waals surface area contributed by atoms with Crippen molar-refractivity contribution >= 4 is 31.8 Å². The molecule has 5 aromatic rings. The molecule has 5 rings (SSSR count). The molecule has 0 amide bonds. The van der Waals surface area contributed by atoms with Crippen LogP contribution in [0.1, 0.15) is 30.4 Å². The van der Waals surface area contributed by atoms with Gasteiger partial charge in [-0.2, -0.15) is 0 Å². The molecule has 1 unspecified atom stereocenters. The van der Waals surface area contributed by atoms with Crippen molar-refractivity contribution < 1.29 is 0 Å². The monoisotopic (exact) mass is 546 g/mol. The van der Waals surface area contributed by atoms with E-state index in [1.807, 2.05) is 0 Å². The molecule has 0 aliphatic rings. The Bertz CT molecular complexity index is 1320. The molecule has 0 bridgehead atoms. The number of rotatable bonds is 11. The summed E-state index contributed by atoms with van der Waals surface area (Å²) in [5.41, 5.74) is 2.98. The molecular formula is C37H40P2. The van der Waals surface area contributed by atoms with Gasteiger partial charge in [0.25, 0.3) is 0 Å². The Balaban J connectivity index is 1.58. The van der Waals surface area contributed by atoms with Crippen LogP contribution in [0, 0.1) is 5.41 Å². The predicted octanol–water partition coefficient (Wildman–Crippen LogP) is 8.25. The van der Waals surface area contributed by atoms with Crippen LogP contribution in [0.3, 0.4) is 0 Å². The molecule has 2 atom stereocenters. The standard InChI is InChI=1S/C37H40P2/c1-37(29-38-33-22-12-5-13-23-33,28-36(31-18-8-3-9-19-31)32-20-10-4-11-21-32)30-39(2,34-24-14-6-15-25-34)35-26-16-7-17-27-35/h3-27,36,38-39H,28-30H2,1-2H3/t37-/m1/s1. The van der Waals surface area contributed by atoms with Gasteiger partial charge in [-0.15, -0.1) is 0 Å². The van der Waals surface area contributed by atoms with Crippen LogP contribution in [-0.2, 0) is 0 Å². The first-order valence-corrected chi connectivity index (χ1v) is 18.0. The second kappa shape index (κ2) is 12.9. The van der Waals surface area contributed by atoms with E-state index >= 15 is 0 Å². The van der Waals surface area contributed by atoms with Crippen LogP contribution in [0.15, 0.2) is 152 Å². The van der Waals surface area contributed by atoms with Crippen LogP contribution < -0.4 is 15.9 Å². The quantitative estimate of drug-likeness (QED) is 0.146. The van der Waals surface area contributed by atoms with Gasteiger partial charge >= 0.3 is 238 Å². The fraction of sp³-hybridized carbons (Fsp3) is 0.189. The first-order chi connectivity index (χ1) is 19.1. The summed E-state index contributed by atoms with van der Waals surface area (Å²) in [5.74, 6) is 0.364. The summed E-state index contributed by atoms with van der Waals surface area (Å²) >= 11 is 0. The molecule has 0 nitrogen and oxygen atoms in total. The van der Waals surface area contributed by atoms with Crippen molar-refractivity contribution in [2.45, 2.75) is 19.3 Å². The van der Waals surface area contributed by atoms with E-state index in [0.717, 1.165) is 15.0 Å². The molecule has 39 heavy (non-hydrogen) atoms. The van der Waals surface area contributed by atoms with Gasteiger partial charge < -0.3 is 0 Å². The fourth-order valence-corrected chi connectivity index (χ4v) is 12.4. The Morgan fingerprint density at radius 1 is 0.564 bits per heavy atom. The van der Waals surface area contributed by atoms with Crippen molar-refractivity contribution in [3.63, 3.8) is 0 Å². The van der Waals surface area contributed by atoms with Gasteiger partial charge in [-0.3, -0.25) is 0 Å². The zero-order chi connectivity index (χ0) is 27.0. The van der Waals surface area contributed by atoms with E-state index in [1.54, 1.807) is 0 Å². The molecule has 0 radical (unpaired) electrons. The maximum atomic E-state index is 2.60. The van der Waals surface area contributed by atoms with Gasteiger partial charge in [0.2, 0.25) is 0 Å². The molecule has 198 valence electrons. The van der Waals surface area contributed by atoms with Crippen molar-refractivity contribution in [3.05, 3.63) is 163 Å². The SMILES string of the molecule is C[C@](CPc1ccccc1)(CC(c1ccccc1)c1ccccc1)C[PH](C)(c1ccccc1)c1ccccc1. The summed E-state index contributed by atoms with van der Waals surface area (Å²) in [6.07, 6.45) is 3.53. The molecule has 0 aromatic heterocycles. The van der Waals surface area contributed by atoms with E-state index in [1.165, 1.54) is 39.4 Å². The fourth-order valence-electron chi connectivity index (χ4n) is 6.21. The summed E-state index contributed by atoms with van der Waals surface area (Å²) in [7, 11) is -1.25. The van der Waals surface area contributed by atoms with Crippen LogP contribution >= 0.6 is 15.8 Å². The van der Waals surface area contributed by atoms with Crippen LogP contribution in [0.2, 0.25) is 0 Å². The summed E-state index contributed by atoms with van der Waals surface area (Å²) in [6, 6.07) is 56.2. The minimum atomic E-state index is -2.04. The molecule has 0 fully saturated rings. The Morgan fingerprint density at radius 3 is 1.38 bits per heavy atom. The van der Waals surface area contributed by atoms with Crippen LogP contribution in [0.4, 0.5) is 0 Å². The average molecular weight is 547 g/mol. The maximum absolute atomic E-state index is 2.60. The molecule has 5 aromatic carbocycles. The second-order valence-electron chi connectivity index (χ2n) is 11.3. The first-order valence-electron chi connectivity index (χ1n) is 14.1. The number of hydrogen-bond donors (Lipinski definition) is 0. The molecule has 0 aliphatic heterocycles. The van der Waals surface area contributed by atoms with Gasteiger partial charge in [0, 0.05) is 0 Å². The van der Waals surface area contributed by atoms with E-state index in [4.69, 9.17) is 0 Å². The van der Waals surface area contributed by atoms with E-state index in [2.05, 4.69) is 165 Å². The zero-order valence-electron chi connectivity index (χ0n) is 23.1. The van der Waals surface area contributed by atoms with Gasteiger partial charge in [0.05, 0.1) is 0 Å². The predicted molar refractivity (Wildman–Crippen MR) is 178 cm³/mol. The van der Waals surface area contributed by atoms with Gasteiger partial charge in [0.15, 0.2) is 0 Å². The van der Waals surface area contributed by atoms with Gasteiger partial charge in [0.1, 0.15) is 0 Å². The van der Waals surface area contributed by atoms with E-state index in [-0.39, 0.29) is 5.41 Å². The third kappa shape index (κ3) is 6.94. The molecule has 0 N–H and O–H groups in total. The Labute approximate surface area is 237 Å². The topological polar surface area (TPSA) is 0 Å². The molecule has 0 saturated carbocycles. The van der Waals surface area contributed by atoms with E-state index < -0.39 is 7.26 Å². The summed E-state index contributed by atoms with van der Waals surface area (Å²) in [6.45, 7) is 5.18. The summed E-state index contributed by atoms with van der Waals surface area (Å²) < 4.78 is 0. The molecular weight excluding hydrogens is 506 g/mol. The van der Waals surface area contributed by atoms with Crippen LogP contribution in [0.25, 0.3) is 0 Å².